The molecule has 44 heavy (non-hydrogen) atoms. The van der Waals surface area contributed by atoms with E-state index in [1.165, 1.54) is 17.5 Å². The molecular formula is C35H44ClN7O. The molecule has 0 spiro atoms. The van der Waals surface area contributed by atoms with Gasteiger partial charge in [-0.05, 0) is 95.8 Å². The summed E-state index contributed by atoms with van der Waals surface area (Å²) in [5, 5.41) is 7.09. The van der Waals surface area contributed by atoms with Gasteiger partial charge in [0.1, 0.15) is 0 Å². The van der Waals surface area contributed by atoms with Crippen molar-refractivity contribution in [2.75, 3.05) is 38.3 Å². The second kappa shape index (κ2) is 15.4. The molecule has 2 aliphatic rings. The zero-order valence-electron chi connectivity index (χ0n) is 26.1. The number of rotatable bonds is 10. The van der Waals surface area contributed by atoms with Gasteiger partial charge in [-0.25, -0.2) is 9.97 Å². The summed E-state index contributed by atoms with van der Waals surface area (Å²) in [5.74, 6) is 0.483. The summed E-state index contributed by atoms with van der Waals surface area (Å²) in [5.41, 5.74) is 6.15. The number of carbonyl (C=O) groups is 1. The van der Waals surface area contributed by atoms with E-state index in [4.69, 9.17) is 16.6 Å². The van der Waals surface area contributed by atoms with Gasteiger partial charge in [0.05, 0.1) is 34.5 Å². The molecule has 9 heteroatoms. The van der Waals surface area contributed by atoms with Gasteiger partial charge >= 0.3 is 0 Å². The Morgan fingerprint density at radius 3 is 2.73 bits per heavy atom. The first kappa shape index (κ1) is 31.8. The standard InChI is InChI=1S/C35H44ClN7O/c1-42(2)20-10-17-33(44)39-27-18-19-28(37-22-27)24-43(3)29-14-9-13-26(21-29)40-35-38-23-32(36)34(41-35)31-16-6-4-5-11-25-12-7-8-15-30(25)31/h7-8,10,12,15-19,22-23,26,29H,4-6,9,11,13-14,20-21,24H2,1-3H3,(H,39,44)(H,38,40,41)/b17-10+,31-16+/t26-,29+/m1/s1. The molecule has 0 radical (unpaired) electrons. The molecule has 0 unspecified atom stereocenters. The molecule has 1 fully saturated rings. The fraction of sp³-hybridized carbons (Fsp3) is 0.429. The Labute approximate surface area is 266 Å². The lowest BCUT2D eigenvalue weighted by molar-refractivity contribution is -0.111. The lowest BCUT2D eigenvalue weighted by atomic mass is 9.90. The largest absolute Gasteiger partial charge is 0.351 e. The molecular weight excluding hydrogens is 570 g/mol. The van der Waals surface area contributed by atoms with E-state index in [1.807, 2.05) is 37.2 Å². The highest BCUT2D eigenvalue weighted by atomic mass is 35.5. The summed E-state index contributed by atoms with van der Waals surface area (Å²) in [6.07, 6.45) is 17.9. The maximum atomic E-state index is 12.1. The van der Waals surface area contributed by atoms with Crippen LogP contribution in [-0.4, -0.2) is 70.4 Å². The minimum Gasteiger partial charge on any atom is -0.351 e. The monoisotopic (exact) mass is 613 g/mol. The number of halogens is 1. The highest BCUT2D eigenvalue weighted by Gasteiger charge is 2.26. The number of hydrogen-bond acceptors (Lipinski definition) is 7. The first-order valence-corrected chi connectivity index (χ1v) is 16.1. The van der Waals surface area contributed by atoms with Gasteiger partial charge in [0.25, 0.3) is 0 Å². The number of anilines is 2. The Morgan fingerprint density at radius 1 is 1.05 bits per heavy atom. The van der Waals surface area contributed by atoms with Gasteiger partial charge in [-0.2, -0.15) is 0 Å². The normalized spacial score (nSPS) is 20.1. The van der Waals surface area contributed by atoms with Crippen molar-refractivity contribution >= 4 is 34.7 Å². The van der Waals surface area contributed by atoms with E-state index in [9.17, 15) is 4.79 Å². The Morgan fingerprint density at radius 2 is 1.91 bits per heavy atom. The molecule has 2 aliphatic carbocycles. The molecule has 1 amide bonds. The van der Waals surface area contributed by atoms with Crippen molar-refractivity contribution in [3.63, 3.8) is 0 Å². The van der Waals surface area contributed by atoms with Crippen molar-refractivity contribution in [2.45, 2.75) is 70.0 Å². The number of likely N-dealkylation sites (N-methyl/N-ethyl adjacent to an activating group) is 1. The van der Waals surface area contributed by atoms with Crippen LogP contribution in [0.15, 0.2) is 67.0 Å². The predicted molar refractivity (Wildman–Crippen MR) is 180 cm³/mol. The second-order valence-electron chi connectivity index (χ2n) is 12.2. The van der Waals surface area contributed by atoms with Crippen LogP contribution in [0.5, 0.6) is 0 Å². The third-order valence-electron chi connectivity index (χ3n) is 8.40. The van der Waals surface area contributed by atoms with Crippen LogP contribution in [0.25, 0.3) is 5.57 Å². The number of pyridine rings is 1. The number of aryl methyl sites for hydroxylation is 1. The Bertz CT molecular complexity index is 1470. The van der Waals surface area contributed by atoms with Crippen molar-refractivity contribution in [3.05, 3.63) is 94.6 Å². The number of nitrogens with one attached hydrogen (secondary N) is 2. The van der Waals surface area contributed by atoms with E-state index in [0.717, 1.165) is 75.0 Å². The van der Waals surface area contributed by atoms with Crippen LogP contribution in [0.1, 0.15) is 67.5 Å². The number of fused-ring (bicyclic) bond motifs is 1. The molecule has 8 nitrogen and oxygen atoms in total. The maximum Gasteiger partial charge on any atom is 0.248 e. The highest BCUT2D eigenvalue weighted by Crippen LogP contribution is 2.34. The molecule has 0 aliphatic heterocycles. The minimum absolute atomic E-state index is 0.151. The summed E-state index contributed by atoms with van der Waals surface area (Å²) < 4.78 is 0. The predicted octanol–water partition coefficient (Wildman–Crippen LogP) is 6.59. The smallest absolute Gasteiger partial charge is 0.248 e. The van der Waals surface area contributed by atoms with Gasteiger partial charge in [-0.15, -0.1) is 0 Å². The molecule has 0 bridgehead atoms. The molecule has 2 N–H and O–H groups in total. The number of hydrogen-bond donors (Lipinski definition) is 2. The van der Waals surface area contributed by atoms with Crippen molar-refractivity contribution < 1.29 is 4.79 Å². The molecule has 1 aromatic carbocycles. The number of aromatic nitrogens is 3. The van der Waals surface area contributed by atoms with Crippen LogP contribution < -0.4 is 10.6 Å². The van der Waals surface area contributed by atoms with Crippen LogP contribution in [0, 0.1) is 0 Å². The van der Waals surface area contributed by atoms with E-state index in [2.05, 4.69) is 62.9 Å². The van der Waals surface area contributed by atoms with E-state index in [0.29, 0.717) is 22.7 Å². The van der Waals surface area contributed by atoms with Crippen LogP contribution >= 0.6 is 11.6 Å². The van der Waals surface area contributed by atoms with Crippen LogP contribution in [0.4, 0.5) is 11.6 Å². The summed E-state index contributed by atoms with van der Waals surface area (Å²) in [6.45, 7) is 1.46. The Kier molecular flexibility index (Phi) is 11.2. The summed E-state index contributed by atoms with van der Waals surface area (Å²) in [7, 11) is 6.09. The average Bonchev–Trinajstić information content (AvgIpc) is 3.00. The third kappa shape index (κ3) is 8.74. The lowest BCUT2D eigenvalue weighted by Crippen LogP contribution is -2.40. The summed E-state index contributed by atoms with van der Waals surface area (Å²) in [6, 6.07) is 13.2. The minimum atomic E-state index is -0.151. The molecule has 2 heterocycles. The molecule has 5 rings (SSSR count). The lowest BCUT2D eigenvalue weighted by Gasteiger charge is -2.35. The number of nitrogens with zero attached hydrogens (tertiary/aromatic N) is 5. The highest BCUT2D eigenvalue weighted by molar-refractivity contribution is 6.32. The van der Waals surface area contributed by atoms with Crippen LogP contribution in [0.3, 0.4) is 0 Å². The topological polar surface area (TPSA) is 86.3 Å². The number of carbonyl (C=O) groups excluding carboxylic acids is 1. The van der Waals surface area contributed by atoms with E-state index < -0.39 is 0 Å². The molecule has 1 saturated carbocycles. The van der Waals surface area contributed by atoms with E-state index in [1.54, 1.807) is 18.5 Å². The van der Waals surface area contributed by atoms with Gasteiger partial charge in [-0.3, -0.25) is 14.7 Å². The van der Waals surface area contributed by atoms with Gasteiger partial charge < -0.3 is 15.5 Å². The fourth-order valence-electron chi connectivity index (χ4n) is 6.08. The first-order chi connectivity index (χ1) is 21.4. The van der Waals surface area contributed by atoms with Gasteiger partial charge in [0.2, 0.25) is 11.9 Å². The summed E-state index contributed by atoms with van der Waals surface area (Å²) in [4.78, 5) is 30.7. The average molecular weight is 614 g/mol. The molecule has 3 aromatic rings. The summed E-state index contributed by atoms with van der Waals surface area (Å²) >= 11 is 6.71. The number of benzene rings is 1. The van der Waals surface area contributed by atoms with Crippen LogP contribution in [-0.2, 0) is 17.8 Å². The zero-order chi connectivity index (χ0) is 30.9. The molecule has 2 aromatic heterocycles. The first-order valence-electron chi connectivity index (χ1n) is 15.7. The van der Waals surface area contributed by atoms with Crippen molar-refractivity contribution in [1.29, 1.82) is 0 Å². The third-order valence-corrected chi connectivity index (χ3v) is 8.68. The van der Waals surface area contributed by atoms with Crippen molar-refractivity contribution in [1.82, 2.24) is 24.8 Å². The maximum absolute atomic E-state index is 12.1. The Balaban J connectivity index is 1.19. The second-order valence-corrected chi connectivity index (χ2v) is 12.6. The SMILES string of the molecule is CN(C)C/C=C/C(=O)Nc1ccc(CN(C)[C@H]2CCC[C@@H](Nc3ncc(Cl)c(/C4=C/CCCCc5ccccc54)n3)C2)nc1. The number of amides is 1. The van der Waals surface area contributed by atoms with Gasteiger partial charge in [0, 0.05) is 36.8 Å². The fourth-order valence-corrected chi connectivity index (χ4v) is 6.27. The van der Waals surface area contributed by atoms with Crippen molar-refractivity contribution in [3.8, 4) is 0 Å². The Hall–Kier alpha value is -3.59. The quantitative estimate of drug-likeness (QED) is 0.249. The molecule has 232 valence electrons. The molecule has 2 atom stereocenters. The van der Waals surface area contributed by atoms with Gasteiger partial charge in [-0.1, -0.05) is 48.0 Å². The van der Waals surface area contributed by atoms with Crippen LogP contribution in [0.2, 0.25) is 5.02 Å². The van der Waals surface area contributed by atoms with E-state index in [-0.39, 0.29) is 11.9 Å². The van der Waals surface area contributed by atoms with E-state index >= 15 is 0 Å². The van der Waals surface area contributed by atoms with Crippen molar-refractivity contribution in [2.24, 2.45) is 0 Å². The van der Waals surface area contributed by atoms with Gasteiger partial charge in [0.15, 0.2) is 0 Å². The number of allylic oxidation sites excluding steroid dienone is 1. The zero-order valence-corrected chi connectivity index (χ0v) is 26.9. The molecule has 0 saturated heterocycles.